The molecule has 2 aromatic rings. The Morgan fingerprint density at radius 3 is 2.38 bits per heavy atom. The van der Waals surface area contributed by atoms with E-state index in [0.717, 1.165) is 0 Å². The van der Waals surface area contributed by atoms with Crippen molar-refractivity contribution in [1.29, 1.82) is 0 Å². The highest BCUT2D eigenvalue weighted by Crippen LogP contribution is 2.25. The number of thiocarbonyl (C=S) groups is 1. The van der Waals surface area contributed by atoms with Crippen molar-refractivity contribution in [3.8, 4) is 0 Å². The summed E-state index contributed by atoms with van der Waals surface area (Å²) in [7, 11) is -3.82. The van der Waals surface area contributed by atoms with Gasteiger partial charge in [0.1, 0.15) is 4.99 Å². The smallest absolute Gasteiger partial charge is 0.261 e. The average molecular weight is 361 g/mol. The van der Waals surface area contributed by atoms with Gasteiger partial charge in [0, 0.05) is 15.6 Å². The highest BCUT2D eigenvalue weighted by Gasteiger charge is 2.17. The predicted octanol–water partition coefficient (Wildman–Crippen LogP) is 3.43. The Balaban J connectivity index is 2.46. The highest BCUT2D eigenvalue weighted by atomic mass is 35.5. The van der Waals surface area contributed by atoms with Crippen molar-refractivity contribution in [3.05, 3.63) is 58.1 Å². The molecule has 0 aromatic heterocycles. The number of benzene rings is 2. The van der Waals surface area contributed by atoms with Crippen molar-refractivity contribution in [1.82, 2.24) is 0 Å². The normalized spacial score (nSPS) is 11.1. The Morgan fingerprint density at radius 2 is 1.76 bits per heavy atom. The molecule has 0 bridgehead atoms. The molecular formula is C13H10Cl2N2O2S2. The number of hydrogen-bond donors (Lipinski definition) is 2. The van der Waals surface area contributed by atoms with Crippen molar-refractivity contribution >= 4 is 56.1 Å². The fraction of sp³-hybridized carbons (Fsp3) is 0. The van der Waals surface area contributed by atoms with Gasteiger partial charge in [-0.1, -0.05) is 41.5 Å². The monoisotopic (exact) mass is 360 g/mol. The minimum absolute atomic E-state index is 0.0314. The summed E-state index contributed by atoms with van der Waals surface area (Å²) in [6.07, 6.45) is 0. The molecule has 0 fully saturated rings. The van der Waals surface area contributed by atoms with E-state index in [9.17, 15) is 8.42 Å². The number of sulfonamides is 1. The maximum atomic E-state index is 12.3. The Hall–Kier alpha value is -1.34. The van der Waals surface area contributed by atoms with Crippen molar-refractivity contribution in [3.63, 3.8) is 0 Å². The molecule has 0 saturated heterocycles. The van der Waals surface area contributed by atoms with Gasteiger partial charge in [-0.25, -0.2) is 8.42 Å². The van der Waals surface area contributed by atoms with Gasteiger partial charge in [0.25, 0.3) is 10.0 Å². The second-order valence-electron chi connectivity index (χ2n) is 4.12. The molecule has 2 aromatic carbocycles. The third kappa shape index (κ3) is 3.85. The molecule has 3 N–H and O–H groups in total. The first-order valence-electron chi connectivity index (χ1n) is 5.67. The van der Waals surface area contributed by atoms with Crippen molar-refractivity contribution in [2.24, 2.45) is 5.73 Å². The van der Waals surface area contributed by atoms with Crippen molar-refractivity contribution in [2.75, 3.05) is 4.72 Å². The van der Waals surface area contributed by atoms with E-state index in [1.54, 1.807) is 24.3 Å². The summed E-state index contributed by atoms with van der Waals surface area (Å²) in [5, 5.41) is 0.678. The van der Waals surface area contributed by atoms with Crippen LogP contribution >= 0.6 is 35.4 Å². The molecule has 0 amide bonds. The van der Waals surface area contributed by atoms with Gasteiger partial charge in [0.2, 0.25) is 0 Å². The fourth-order valence-electron chi connectivity index (χ4n) is 1.65. The van der Waals surface area contributed by atoms with E-state index in [1.807, 2.05) is 0 Å². The van der Waals surface area contributed by atoms with Crippen LogP contribution in [0.4, 0.5) is 5.69 Å². The van der Waals surface area contributed by atoms with E-state index in [1.165, 1.54) is 18.2 Å². The fourth-order valence-corrected chi connectivity index (χ4v) is 3.37. The summed E-state index contributed by atoms with van der Waals surface area (Å²) in [5.41, 5.74) is 6.19. The van der Waals surface area contributed by atoms with Crippen molar-refractivity contribution < 1.29 is 8.42 Å². The van der Waals surface area contributed by atoms with Gasteiger partial charge in [-0.2, -0.15) is 0 Å². The van der Waals surface area contributed by atoms with Crippen LogP contribution in [0.3, 0.4) is 0 Å². The molecule has 2 rings (SSSR count). The zero-order valence-corrected chi connectivity index (χ0v) is 13.7. The van der Waals surface area contributed by atoms with Crippen LogP contribution in [0.5, 0.6) is 0 Å². The Labute approximate surface area is 137 Å². The van der Waals surface area contributed by atoms with Crippen LogP contribution in [0.1, 0.15) is 5.56 Å². The van der Waals surface area contributed by atoms with Gasteiger partial charge in [0.15, 0.2) is 0 Å². The predicted molar refractivity (Wildman–Crippen MR) is 89.6 cm³/mol. The van der Waals surface area contributed by atoms with E-state index in [4.69, 9.17) is 41.2 Å². The molecule has 0 aliphatic rings. The molecule has 0 radical (unpaired) electrons. The second kappa shape index (κ2) is 6.19. The third-order valence-electron chi connectivity index (χ3n) is 2.60. The van der Waals surface area contributed by atoms with E-state index in [2.05, 4.69) is 4.72 Å². The van der Waals surface area contributed by atoms with Gasteiger partial charge >= 0.3 is 0 Å². The second-order valence-corrected chi connectivity index (χ2v) is 7.11. The summed E-state index contributed by atoms with van der Waals surface area (Å²) >= 11 is 16.6. The van der Waals surface area contributed by atoms with Gasteiger partial charge in [0.05, 0.1) is 10.6 Å². The minimum atomic E-state index is -3.82. The van der Waals surface area contributed by atoms with E-state index >= 15 is 0 Å². The first-order chi connectivity index (χ1) is 9.79. The van der Waals surface area contributed by atoms with Gasteiger partial charge in [-0.3, -0.25) is 4.72 Å². The van der Waals surface area contributed by atoms with Crippen molar-refractivity contribution in [2.45, 2.75) is 4.90 Å². The molecule has 110 valence electrons. The van der Waals surface area contributed by atoms with Gasteiger partial charge in [-0.15, -0.1) is 0 Å². The Kier molecular flexibility index (Phi) is 4.73. The number of nitrogens with one attached hydrogen (secondary N) is 1. The van der Waals surface area contributed by atoms with Gasteiger partial charge < -0.3 is 5.73 Å². The largest absolute Gasteiger partial charge is 0.389 e. The number of halogens is 2. The molecule has 0 aliphatic heterocycles. The van der Waals surface area contributed by atoms with Crippen LogP contribution in [-0.4, -0.2) is 13.4 Å². The topological polar surface area (TPSA) is 72.2 Å². The average Bonchev–Trinajstić information content (AvgIpc) is 2.38. The van der Waals surface area contributed by atoms with Crippen LogP contribution in [0, 0.1) is 0 Å². The summed E-state index contributed by atoms with van der Waals surface area (Å²) in [5.74, 6) is 0. The summed E-state index contributed by atoms with van der Waals surface area (Å²) in [4.78, 5) is 0.0966. The lowest BCUT2D eigenvalue weighted by Gasteiger charge is -2.12. The molecule has 0 saturated carbocycles. The Morgan fingerprint density at radius 1 is 1.10 bits per heavy atom. The molecule has 0 spiro atoms. The molecule has 0 heterocycles. The van der Waals surface area contributed by atoms with E-state index < -0.39 is 10.0 Å². The van der Waals surface area contributed by atoms with Crippen LogP contribution in [-0.2, 0) is 10.0 Å². The van der Waals surface area contributed by atoms with Crippen LogP contribution in [0.2, 0.25) is 10.0 Å². The molecule has 21 heavy (non-hydrogen) atoms. The summed E-state index contributed by atoms with van der Waals surface area (Å²) in [6, 6.07) is 10.5. The summed E-state index contributed by atoms with van der Waals surface area (Å²) in [6.45, 7) is 0. The number of nitrogens with two attached hydrogens (primary N) is 1. The lowest BCUT2D eigenvalue weighted by Crippen LogP contribution is -2.18. The number of rotatable bonds is 4. The zero-order valence-electron chi connectivity index (χ0n) is 10.5. The van der Waals surface area contributed by atoms with E-state index in [-0.39, 0.29) is 15.6 Å². The molecular weight excluding hydrogens is 351 g/mol. The standard InChI is InChI=1S/C13H10Cl2N2O2S2/c14-8-2-1-3-10(6-8)21(18,19)17-12-7-9(15)4-5-11(12)13(16)20/h1-7,17H,(H2,16,20). The molecule has 0 aliphatic carbocycles. The van der Waals surface area contributed by atoms with Crippen LogP contribution in [0.15, 0.2) is 47.4 Å². The Bertz CT molecular complexity index is 808. The quantitative estimate of drug-likeness (QED) is 0.819. The maximum absolute atomic E-state index is 12.3. The highest BCUT2D eigenvalue weighted by molar-refractivity contribution is 7.92. The lowest BCUT2D eigenvalue weighted by atomic mass is 10.2. The first kappa shape index (κ1) is 16.0. The zero-order chi connectivity index (χ0) is 15.6. The lowest BCUT2D eigenvalue weighted by molar-refractivity contribution is 0.601. The third-order valence-corrected chi connectivity index (χ3v) is 4.65. The molecule has 4 nitrogen and oxygen atoms in total. The first-order valence-corrected chi connectivity index (χ1v) is 8.32. The molecule has 0 unspecified atom stereocenters. The number of anilines is 1. The minimum Gasteiger partial charge on any atom is -0.389 e. The van der Waals surface area contributed by atoms with Crippen LogP contribution in [0.25, 0.3) is 0 Å². The van der Waals surface area contributed by atoms with Gasteiger partial charge in [-0.05, 0) is 36.4 Å². The summed E-state index contributed by atoms with van der Waals surface area (Å²) < 4.78 is 27.1. The number of hydrogen-bond acceptors (Lipinski definition) is 3. The molecule has 0 atom stereocenters. The molecule has 8 heteroatoms. The SMILES string of the molecule is NC(=S)c1ccc(Cl)cc1NS(=O)(=O)c1cccc(Cl)c1. The maximum Gasteiger partial charge on any atom is 0.261 e. The van der Waals surface area contributed by atoms with E-state index in [0.29, 0.717) is 15.6 Å². The van der Waals surface area contributed by atoms with Crippen LogP contribution < -0.4 is 10.5 Å².